The zero-order chi connectivity index (χ0) is 13.9. The van der Waals surface area contributed by atoms with Crippen LogP contribution >= 0.6 is 0 Å². The lowest BCUT2D eigenvalue weighted by atomic mass is 9.87. The summed E-state index contributed by atoms with van der Waals surface area (Å²) in [5.41, 5.74) is 2.48. The molecule has 0 aromatic heterocycles. The molecular weight excluding hydrogens is 236 g/mol. The Hall–Kier alpha value is -1.96. The first kappa shape index (κ1) is 12.1. The maximum atomic E-state index is 12.5. The van der Waals surface area contributed by atoms with E-state index in [4.69, 9.17) is 0 Å². The molecule has 0 aliphatic heterocycles. The van der Waals surface area contributed by atoms with Gasteiger partial charge in [-0.25, -0.2) is 0 Å². The summed E-state index contributed by atoms with van der Waals surface area (Å²) in [6.45, 7) is 7.47. The molecule has 2 nitrogen and oxygen atoms in total. The highest BCUT2D eigenvalue weighted by Gasteiger charge is 2.46. The van der Waals surface area contributed by atoms with Gasteiger partial charge in [0.15, 0.2) is 11.6 Å². The van der Waals surface area contributed by atoms with Crippen molar-refractivity contribution in [1.29, 1.82) is 0 Å². The van der Waals surface area contributed by atoms with Gasteiger partial charge in [-0.15, -0.1) is 0 Å². The number of carbonyl (C=O) groups excluding carboxylic acids is 2. The summed E-state index contributed by atoms with van der Waals surface area (Å²) in [4.78, 5) is 24.9. The summed E-state index contributed by atoms with van der Waals surface area (Å²) in [6.07, 6.45) is 0. The van der Waals surface area contributed by atoms with Crippen LogP contribution in [0.5, 0.6) is 0 Å². The van der Waals surface area contributed by atoms with E-state index in [1.807, 2.05) is 38.1 Å². The molecule has 0 saturated heterocycles. The molecule has 0 spiro atoms. The molecule has 19 heavy (non-hydrogen) atoms. The molecule has 0 unspecified atom stereocenters. The number of fused-ring (bicyclic) bond motifs is 3. The second-order valence-corrected chi connectivity index (χ2v) is 5.90. The lowest BCUT2D eigenvalue weighted by molar-refractivity contribution is 0.0747. The molecule has 0 bridgehead atoms. The highest BCUT2D eigenvalue weighted by Crippen LogP contribution is 2.41. The minimum Gasteiger partial charge on any atom is -0.293 e. The van der Waals surface area contributed by atoms with Gasteiger partial charge in [0.2, 0.25) is 0 Å². The molecule has 1 aliphatic carbocycles. The van der Waals surface area contributed by atoms with E-state index in [1.165, 1.54) is 0 Å². The van der Waals surface area contributed by atoms with Crippen molar-refractivity contribution >= 4 is 22.3 Å². The Bertz CT molecular complexity index is 751. The normalized spacial score (nSPS) is 17.1. The monoisotopic (exact) mass is 252 g/mol. The van der Waals surface area contributed by atoms with Crippen molar-refractivity contribution in [2.45, 2.75) is 27.7 Å². The van der Waals surface area contributed by atoms with Gasteiger partial charge in [-0.3, -0.25) is 9.59 Å². The predicted molar refractivity (Wildman–Crippen MR) is 75.9 cm³/mol. The van der Waals surface area contributed by atoms with E-state index >= 15 is 0 Å². The number of rotatable bonds is 0. The molecule has 0 atom stereocenters. The quantitative estimate of drug-likeness (QED) is 0.667. The second-order valence-electron chi connectivity index (χ2n) is 5.90. The van der Waals surface area contributed by atoms with Crippen molar-refractivity contribution in [3.8, 4) is 0 Å². The molecule has 2 aromatic rings. The first-order valence-corrected chi connectivity index (χ1v) is 6.48. The first-order valence-electron chi connectivity index (χ1n) is 6.48. The Kier molecular flexibility index (Phi) is 2.25. The number of carbonyl (C=O) groups is 2. The average molecular weight is 252 g/mol. The smallest absolute Gasteiger partial charge is 0.177 e. The largest absolute Gasteiger partial charge is 0.293 e. The van der Waals surface area contributed by atoms with E-state index in [9.17, 15) is 9.59 Å². The summed E-state index contributed by atoms with van der Waals surface area (Å²) in [7, 11) is 0. The average Bonchev–Trinajstić information content (AvgIpc) is 2.51. The number of aryl methyl sites for hydroxylation is 2. The summed E-state index contributed by atoms with van der Waals surface area (Å²) in [6, 6.07) is 7.80. The van der Waals surface area contributed by atoms with Gasteiger partial charge in [0, 0.05) is 11.1 Å². The van der Waals surface area contributed by atoms with E-state index in [-0.39, 0.29) is 11.6 Å². The third-order valence-corrected chi connectivity index (χ3v) is 4.17. The van der Waals surface area contributed by atoms with E-state index in [0.717, 1.165) is 21.9 Å². The lowest BCUT2D eigenvalue weighted by Crippen LogP contribution is -2.25. The van der Waals surface area contributed by atoms with Gasteiger partial charge in [0.25, 0.3) is 0 Å². The van der Waals surface area contributed by atoms with Crippen LogP contribution in [0.1, 0.15) is 45.7 Å². The highest BCUT2D eigenvalue weighted by atomic mass is 16.2. The van der Waals surface area contributed by atoms with Crippen LogP contribution in [0.15, 0.2) is 24.3 Å². The summed E-state index contributed by atoms with van der Waals surface area (Å²) in [5, 5.41) is 2.01. The number of Topliss-reactive ketones (excluding diaryl/α,β-unsaturated/α-hetero) is 2. The van der Waals surface area contributed by atoms with E-state index < -0.39 is 5.41 Å². The maximum Gasteiger partial charge on any atom is 0.177 e. The second kappa shape index (κ2) is 3.53. The molecule has 1 aliphatic rings. The van der Waals surface area contributed by atoms with Crippen molar-refractivity contribution in [1.82, 2.24) is 0 Å². The zero-order valence-corrected chi connectivity index (χ0v) is 11.6. The minimum absolute atomic E-state index is 0.0527. The van der Waals surface area contributed by atoms with E-state index in [1.54, 1.807) is 13.8 Å². The summed E-state index contributed by atoms with van der Waals surface area (Å²) < 4.78 is 0. The Labute approximate surface area is 112 Å². The highest BCUT2D eigenvalue weighted by molar-refractivity contribution is 6.33. The summed E-state index contributed by atoms with van der Waals surface area (Å²) in [5.74, 6) is -0.109. The molecule has 0 fully saturated rings. The molecule has 0 amide bonds. The predicted octanol–water partition coefficient (Wildman–Crippen LogP) is 3.86. The van der Waals surface area contributed by atoms with Crippen molar-refractivity contribution in [2.24, 2.45) is 5.41 Å². The molecule has 2 heteroatoms. The van der Waals surface area contributed by atoms with Crippen LogP contribution < -0.4 is 0 Å². The molecular formula is C17H16O2. The Morgan fingerprint density at radius 3 is 2.32 bits per heavy atom. The van der Waals surface area contributed by atoms with Crippen molar-refractivity contribution in [3.63, 3.8) is 0 Å². The fourth-order valence-corrected chi connectivity index (χ4v) is 3.08. The third-order valence-electron chi connectivity index (χ3n) is 4.17. The minimum atomic E-state index is -0.924. The van der Waals surface area contributed by atoms with Crippen LogP contribution in [0.25, 0.3) is 10.8 Å². The van der Waals surface area contributed by atoms with Gasteiger partial charge in [0.05, 0.1) is 5.41 Å². The van der Waals surface area contributed by atoms with Gasteiger partial charge >= 0.3 is 0 Å². The fraction of sp³-hybridized carbons (Fsp3) is 0.294. The van der Waals surface area contributed by atoms with E-state index in [2.05, 4.69) is 0 Å². The van der Waals surface area contributed by atoms with Crippen LogP contribution in [-0.4, -0.2) is 11.6 Å². The Balaban J connectivity index is 2.53. The van der Waals surface area contributed by atoms with Crippen molar-refractivity contribution < 1.29 is 9.59 Å². The van der Waals surface area contributed by atoms with Crippen LogP contribution in [0.2, 0.25) is 0 Å². The SMILES string of the molecule is Cc1cccc2c3c(cc(C)c12)C(=O)C(C)(C)C3=O. The van der Waals surface area contributed by atoms with Crippen LogP contribution in [-0.2, 0) is 0 Å². The standard InChI is InChI=1S/C17H16O2/c1-9-6-5-7-11-13(9)10(2)8-12-14(11)16(19)17(3,4)15(12)18/h5-8H,1-4H3. The summed E-state index contributed by atoms with van der Waals surface area (Å²) >= 11 is 0. The Morgan fingerprint density at radius 2 is 1.63 bits per heavy atom. The molecule has 3 rings (SSSR count). The van der Waals surface area contributed by atoms with Gasteiger partial charge in [-0.05, 0) is 55.7 Å². The van der Waals surface area contributed by atoms with Crippen molar-refractivity contribution in [2.75, 3.05) is 0 Å². The van der Waals surface area contributed by atoms with Crippen molar-refractivity contribution in [3.05, 3.63) is 46.5 Å². The molecule has 0 saturated carbocycles. The molecule has 0 radical (unpaired) electrons. The topological polar surface area (TPSA) is 34.1 Å². The van der Waals surface area contributed by atoms with Gasteiger partial charge in [-0.2, -0.15) is 0 Å². The van der Waals surface area contributed by atoms with Crippen LogP contribution in [0, 0.1) is 19.3 Å². The van der Waals surface area contributed by atoms with Gasteiger partial charge < -0.3 is 0 Å². The number of hydrogen-bond donors (Lipinski definition) is 0. The van der Waals surface area contributed by atoms with Gasteiger partial charge in [-0.1, -0.05) is 18.2 Å². The molecule has 96 valence electrons. The fourth-order valence-electron chi connectivity index (χ4n) is 3.08. The number of benzene rings is 2. The first-order chi connectivity index (χ1) is 8.85. The van der Waals surface area contributed by atoms with Crippen LogP contribution in [0.4, 0.5) is 0 Å². The van der Waals surface area contributed by atoms with Crippen LogP contribution in [0.3, 0.4) is 0 Å². The number of ketones is 2. The zero-order valence-electron chi connectivity index (χ0n) is 11.6. The lowest BCUT2D eigenvalue weighted by Gasteiger charge is -2.12. The maximum absolute atomic E-state index is 12.5. The molecule has 0 N–H and O–H groups in total. The number of hydrogen-bond acceptors (Lipinski definition) is 2. The van der Waals surface area contributed by atoms with Gasteiger partial charge in [0.1, 0.15) is 0 Å². The molecule has 0 heterocycles. The third kappa shape index (κ3) is 1.37. The van der Waals surface area contributed by atoms with E-state index in [0.29, 0.717) is 11.1 Å². The Morgan fingerprint density at radius 1 is 0.947 bits per heavy atom. The molecule has 2 aromatic carbocycles.